The van der Waals surface area contributed by atoms with Crippen LogP contribution >= 0.6 is 11.9 Å². The molecule has 0 amide bonds. The summed E-state index contributed by atoms with van der Waals surface area (Å²) >= 11 is 1.54. The van der Waals surface area contributed by atoms with Crippen molar-refractivity contribution in [2.45, 2.75) is 57.2 Å². The maximum atomic E-state index is 6.94. The van der Waals surface area contributed by atoms with Crippen molar-refractivity contribution in [1.29, 1.82) is 0 Å². The fourth-order valence-electron chi connectivity index (χ4n) is 5.34. The second-order valence-electron chi connectivity index (χ2n) is 11.0. The summed E-state index contributed by atoms with van der Waals surface area (Å²) < 4.78 is 10.4. The van der Waals surface area contributed by atoms with Crippen LogP contribution in [0.25, 0.3) is 11.3 Å². The van der Waals surface area contributed by atoms with Gasteiger partial charge in [0.2, 0.25) is 11.8 Å². The summed E-state index contributed by atoms with van der Waals surface area (Å²) in [5.41, 5.74) is 7.83. The number of aromatic nitrogens is 2. The van der Waals surface area contributed by atoms with E-state index in [2.05, 4.69) is 110 Å². The maximum absolute atomic E-state index is 6.94. The Morgan fingerprint density at radius 1 is 0.946 bits per heavy atom. The maximum Gasteiger partial charge on any atom is 0.237 e. The van der Waals surface area contributed by atoms with Gasteiger partial charge >= 0.3 is 0 Å². The zero-order valence-corrected chi connectivity index (χ0v) is 22.6. The van der Waals surface area contributed by atoms with Crippen molar-refractivity contribution in [2.75, 3.05) is 11.3 Å². The van der Waals surface area contributed by atoms with Gasteiger partial charge in [-0.3, -0.25) is 9.62 Å². The van der Waals surface area contributed by atoms with Crippen LogP contribution < -0.4 is 9.46 Å². The molecule has 6 rings (SSSR count). The molecular weight excluding hydrogens is 476 g/mol. The number of nitrogens with one attached hydrogen (secondary N) is 1. The molecule has 3 heterocycles. The lowest BCUT2D eigenvalue weighted by Crippen LogP contribution is -2.36. The number of benzene rings is 3. The van der Waals surface area contributed by atoms with Gasteiger partial charge in [-0.1, -0.05) is 81.4 Å². The highest BCUT2D eigenvalue weighted by atomic mass is 32.2. The van der Waals surface area contributed by atoms with Gasteiger partial charge in [0.15, 0.2) is 0 Å². The first kappa shape index (κ1) is 24.0. The lowest BCUT2D eigenvalue weighted by atomic mass is 9.84. The van der Waals surface area contributed by atoms with Gasteiger partial charge < -0.3 is 4.74 Å². The third kappa shape index (κ3) is 4.83. The minimum atomic E-state index is -0.229. The molecule has 2 aliphatic heterocycles. The fraction of sp³-hybridized carbons (Fsp3) is 0.290. The number of rotatable bonds is 1. The quantitative estimate of drug-likeness (QED) is 0.272. The van der Waals surface area contributed by atoms with Crippen molar-refractivity contribution in [3.05, 3.63) is 101 Å². The van der Waals surface area contributed by atoms with Crippen LogP contribution in [0.5, 0.6) is 5.88 Å². The summed E-state index contributed by atoms with van der Waals surface area (Å²) in [5, 5.41) is 0. The van der Waals surface area contributed by atoms with Gasteiger partial charge in [0.1, 0.15) is 6.10 Å². The average Bonchev–Trinajstić information content (AvgIpc) is 2.87. The molecule has 0 saturated heterocycles. The van der Waals surface area contributed by atoms with Crippen LogP contribution in [0.3, 0.4) is 0 Å². The summed E-state index contributed by atoms with van der Waals surface area (Å²) in [4.78, 5) is 13.7. The standard InChI is InChI=1S/C31H32N4OS/c1-20-10-5-7-14-24(20)28-27(31(2,3)4)29-33-30(32-28)34-37-23-13-9-11-21(16-23)17-35-18-22-12-6-8-15-25(22)26(19-35)36-29/h5-16,26H,17-19H2,1-4H3,(H,32,33,34). The summed E-state index contributed by atoms with van der Waals surface area (Å²) in [5.74, 6) is 1.20. The summed E-state index contributed by atoms with van der Waals surface area (Å²) in [7, 11) is 0. The molecule has 4 aromatic rings. The molecule has 0 saturated carbocycles. The monoisotopic (exact) mass is 508 g/mol. The van der Waals surface area contributed by atoms with Crippen LogP contribution in [0.1, 0.15) is 54.7 Å². The van der Waals surface area contributed by atoms with E-state index in [1.165, 1.54) is 34.2 Å². The van der Waals surface area contributed by atoms with Gasteiger partial charge in [-0.15, -0.1) is 0 Å². The van der Waals surface area contributed by atoms with E-state index in [1.54, 1.807) is 0 Å². The SMILES string of the molecule is Cc1ccccc1-c1nc2nc(c1C(C)(C)C)OC1CN(Cc3cccc(c3)SN2)Cc2ccccc21. The summed E-state index contributed by atoms with van der Waals surface area (Å²) in [6, 6.07) is 25.8. The highest BCUT2D eigenvalue weighted by Gasteiger charge is 2.33. The normalized spacial score (nSPS) is 18.8. The van der Waals surface area contributed by atoms with Crippen LogP contribution in [0.4, 0.5) is 5.95 Å². The van der Waals surface area contributed by atoms with E-state index in [4.69, 9.17) is 14.7 Å². The topological polar surface area (TPSA) is 50.3 Å². The molecule has 188 valence electrons. The van der Waals surface area contributed by atoms with Gasteiger partial charge in [0.05, 0.1) is 5.69 Å². The summed E-state index contributed by atoms with van der Waals surface area (Å²) in [6.45, 7) is 11.3. The highest BCUT2D eigenvalue weighted by Crippen LogP contribution is 2.42. The van der Waals surface area contributed by atoms with Gasteiger partial charge in [0, 0.05) is 35.7 Å². The van der Waals surface area contributed by atoms with Crippen LogP contribution in [0.15, 0.2) is 77.7 Å². The zero-order valence-electron chi connectivity index (χ0n) is 21.8. The van der Waals surface area contributed by atoms with Crippen molar-refractivity contribution in [3.8, 4) is 17.1 Å². The van der Waals surface area contributed by atoms with E-state index in [0.717, 1.165) is 41.4 Å². The van der Waals surface area contributed by atoms with E-state index in [1.807, 2.05) is 0 Å². The molecule has 6 bridgehead atoms. The second-order valence-corrected chi connectivity index (χ2v) is 11.8. The number of anilines is 1. The van der Waals surface area contributed by atoms with Crippen LogP contribution in [0, 0.1) is 6.92 Å². The molecule has 1 N–H and O–H groups in total. The number of hydrogen-bond acceptors (Lipinski definition) is 6. The molecular formula is C31H32N4OS. The summed E-state index contributed by atoms with van der Waals surface area (Å²) in [6.07, 6.45) is -0.130. The van der Waals surface area contributed by atoms with Crippen LogP contribution in [0.2, 0.25) is 0 Å². The fourth-order valence-corrected chi connectivity index (χ4v) is 5.99. The molecule has 2 unspecified atom stereocenters. The Hall–Kier alpha value is -3.35. The van der Waals surface area contributed by atoms with Crippen LogP contribution in [-0.2, 0) is 18.5 Å². The number of aryl methyl sites for hydroxylation is 1. The smallest absolute Gasteiger partial charge is 0.237 e. The highest BCUT2D eigenvalue weighted by molar-refractivity contribution is 8.00. The first-order chi connectivity index (χ1) is 17.8. The second kappa shape index (κ2) is 9.51. The Bertz CT molecular complexity index is 1460. The van der Waals surface area contributed by atoms with E-state index in [-0.39, 0.29) is 11.5 Å². The largest absolute Gasteiger partial charge is 0.468 e. The first-order valence-corrected chi connectivity index (χ1v) is 13.6. The molecule has 6 heteroatoms. The predicted octanol–water partition coefficient (Wildman–Crippen LogP) is 7.32. The van der Waals surface area contributed by atoms with Gasteiger partial charge in [-0.25, -0.2) is 4.98 Å². The van der Waals surface area contributed by atoms with E-state index < -0.39 is 0 Å². The van der Waals surface area contributed by atoms with Gasteiger partial charge in [-0.05, 0) is 58.7 Å². The molecule has 3 aromatic carbocycles. The number of ether oxygens (including phenoxy) is 1. The lowest BCUT2D eigenvalue weighted by Gasteiger charge is -2.35. The number of hydrogen-bond donors (Lipinski definition) is 1. The molecule has 0 fully saturated rings. The molecule has 2 aliphatic rings. The molecule has 0 radical (unpaired) electrons. The molecule has 0 aliphatic carbocycles. The molecule has 37 heavy (non-hydrogen) atoms. The predicted molar refractivity (Wildman–Crippen MR) is 151 cm³/mol. The minimum Gasteiger partial charge on any atom is -0.468 e. The van der Waals surface area contributed by atoms with Gasteiger partial charge in [-0.2, -0.15) is 4.98 Å². The average molecular weight is 509 g/mol. The molecule has 5 nitrogen and oxygen atoms in total. The molecule has 1 aromatic heterocycles. The Balaban J connectivity index is 1.57. The zero-order chi connectivity index (χ0) is 25.6. The lowest BCUT2D eigenvalue weighted by molar-refractivity contribution is 0.101. The Kier molecular flexibility index (Phi) is 6.17. The Morgan fingerprint density at radius 2 is 1.76 bits per heavy atom. The minimum absolute atomic E-state index is 0.130. The van der Waals surface area contributed by atoms with Crippen LogP contribution in [-0.4, -0.2) is 21.4 Å². The van der Waals surface area contributed by atoms with Crippen molar-refractivity contribution < 1.29 is 4.74 Å². The Morgan fingerprint density at radius 3 is 2.59 bits per heavy atom. The number of nitrogens with zero attached hydrogens (tertiary/aromatic N) is 3. The third-order valence-electron chi connectivity index (χ3n) is 7.06. The van der Waals surface area contributed by atoms with E-state index in [0.29, 0.717) is 11.8 Å². The van der Waals surface area contributed by atoms with Crippen molar-refractivity contribution >= 4 is 17.9 Å². The first-order valence-electron chi connectivity index (χ1n) is 12.8. The Labute approximate surface area is 223 Å². The van der Waals surface area contributed by atoms with Crippen molar-refractivity contribution in [2.24, 2.45) is 0 Å². The van der Waals surface area contributed by atoms with Gasteiger partial charge in [0.25, 0.3) is 0 Å². The molecule has 2 atom stereocenters. The van der Waals surface area contributed by atoms with Crippen molar-refractivity contribution in [3.63, 3.8) is 0 Å². The molecule has 0 spiro atoms. The number of fused-ring (bicyclic) bond motifs is 8. The third-order valence-corrected chi connectivity index (χ3v) is 7.84. The van der Waals surface area contributed by atoms with Crippen molar-refractivity contribution in [1.82, 2.24) is 14.9 Å². The van der Waals surface area contributed by atoms with E-state index >= 15 is 0 Å². The van der Waals surface area contributed by atoms with E-state index in [9.17, 15) is 0 Å².